The second kappa shape index (κ2) is 6.99. The topological polar surface area (TPSA) is 65.8 Å². The highest BCUT2D eigenvalue weighted by Crippen LogP contribution is 2.33. The molecule has 1 aromatic carbocycles. The fraction of sp³-hybridized carbons (Fsp3) is 0.400. The van der Waals surface area contributed by atoms with Gasteiger partial charge in [-0.05, 0) is 6.92 Å². The molecule has 0 aliphatic rings. The Hall–Kier alpha value is -2.21. The van der Waals surface area contributed by atoms with Gasteiger partial charge in [-0.15, -0.1) is 0 Å². The van der Waals surface area contributed by atoms with Crippen molar-refractivity contribution >= 4 is 0 Å². The van der Waals surface area contributed by atoms with Gasteiger partial charge in [0.2, 0.25) is 0 Å². The summed E-state index contributed by atoms with van der Waals surface area (Å²) in [7, 11) is 4.85. The molecule has 1 heterocycles. The van der Waals surface area contributed by atoms with Gasteiger partial charge >= 0.3 is 0 Å². The second-order valence-corrected chi connectivity index (χ2v) is 4.55. The lowest BCUT2D eigenvalue weighted by molar-refractivity contribution is 0.358. The molecule has 0 spiro atoms. The van der Waals surface area contributed by atoms with E-state index in [1.54, 1.807) is 21.3 Å². The zero-order chi connectivity index (χ0) is 15.2. The van der Waals surface area contributed by atoms with Gasteiger partial charge in [-0.25, -0.2) is 0 Å². The number of aromatic nitrogens is 1. The van der Waals surface area contributed by atoms with E-state index in [0.717, 1.165) is 17.0 Å². The average Bonchev–Trinajstić information content (AvgIpc) is 2.92. The molecule has 6 heteroatoms. The van der Waals surface area contributed by atoms with Crippen LogP contribution in [-0.4, -0.2) is 26.5 Å². The SMILES string of the molecule is COc1cc(OC)c(CNCc2cc(C)no2)c(OC)c1. The molecule has 0 aliphatic carbocycles. The van der Waals surface area contributed by atoms with Gasteiger partial charge in [0.05, 0.1) is 39.1 Å². The predicted octanol–water partition coefficient (Wildman–Crippen LogP) is 2.30. The molecule has 0 atom stereocenters. The second-order valence-electron chi connectivity index (χ2n) is 4.55. The first-order valence-electron chi connectivity index (χ1n) is 6.59. The van der Waals surface area contributed by atoms with Crippen LogP contribution in [0.1, 0.15) is 17.0 Å². The van der Waals surface area contributed by atoms with E-state index in [1.807, 2.05) is 25.1 Å². The lowest BCUT2D eigenvalue weighted by Gasteiger charge is -2.15. The molecule has 0 unspecified atom stereocenters. The van der Waals surface area contributed by atoms with Crippen LogP contribution in [0.3, 0.4) is 0 Å². The molecule has 0 bridgehead atoms. The highest BCUT2D eigenvalue weighted by atomic mass is 16.5. The van der Waals surface area contributed by atoms with E-state index in [0.29, 0.717) is 30.3 Å². The van der Waals surface area contributed by atoms with Gasteiger partial charge in [0.25, 0.3) is 0 Å². The van der Waals surface area contributed by atoms with Gasteiger partial charge in [0, 0.05) is 24.7 Å². The summed E-state index contributed by atoms with van der Waals surface area (Å²) >= 11 is 0. The Kier molecular flexibility index (Phi) is 5.05. The first-order chi connectivity index (χ1) is 10.2. The quantitative estimate of drug-likeness (QED) is 0.844. The standard InChI is InChI=1S/C15H20N2O4/c1-10-5-12(21-17-10)8-16-9-13-14(19-3)6-11(18-2)7-15(13)20-4/h5-7,16H,8-9H2,1-4H3. The third-order valence-electron chi connectivity index (χ3n) is 3.09. The van der Waals surface area contributed by atoms with Crippen LogP contribution in [0.15, 0.2) is 22.7 Å². The molecule has 21 heavy (non-hydrogen) atoms. The number of hydrogen-bond donors (Lipinski definition) is 1. The maximum absolute atomic E-state index is 5.40. The van der Waals surface area contributed by atoms with Crippen molar-refractivity contribution in [1.29, 1.82) is 0 Å². The third kappa shape index (κ3) is 3.66. The van der Waals surface area contributed by atoms with Crippen LogP contribution < -0.4 is 19.5 Å². The zero-order valence-electron chi connectivity index (χ0n) is 12.7. The Bertz CT molecular complexity index is 570. The molecule has 6 nitrogen and oxygen atoms in total. The van der Waals surface area contributed by atoms with E-state index in [-0.39, 0.29) is 0 Å². The normalized spacial score (nSPS) is 10.5. The third-order valence-corrected chi connectivity index (χ3v) is 3.09. The Morgan fingerprint density at radius 3 is 2.14 bits per heavy atom. The maximum Gasteiger partial charge on any atom is 0.150 e. The largest absolute Gasteiger partial charge is 0.496 e. The highest BCUT2D eigenvalue weighted by molar-refractivity contribution is 5.50. The van der Waals surface area contributed by atoms with Crippen molar-refractivity contribution in [1.82, 2.24) is 10.5 Å². The average molecular weight is 292 g/mol. The molecule has 0 saturated heterocycles. The van der Waals surface area contributed by atoms with Crippen molar-refractivity contribution < 1.29 is 18.7 Å². The number of methoxy groups -OCH3 is 3. The summed E-state index contributed by atoms with van der Waals surface area (Å²) in [5.41, 5.74) is 1.79. The minimum absolute atomic E-state index is 0.579. The van der Waals surface area contributed by atoms with E-state index in [1.165, 1.54) is 0 Å². The van der Waals surface area contributed by atoms with Crippen LogP contribution in [-0.2, 0) is 13.1 Å². The number of rotatable bonds is 7. The zero-order valence-corrected chi connectivity index (χ0v) is 12.7. The first-order valence-corrected chi connectivity index (χ1v) is 6.59. The summed E-state index contributed by atoms with van der Waals surface area (Å²) in [6.07, 6.45) is 0. The minimum atomic E-state index is 0.579. The van der Waals surface area contributed by atoms with E-state index < -0.39 is 0 Å². The number of hydrogen-bond acceptors (Lipinski definition) is 6. The lowest BCUT2D eigenvalue weighted by atomic mass is 10.1. The summed E-state index contributed by atoms with van der Waals surface area (Å²) in [4.78, 5) is 0. The summed E-state index contributed by atoms with van der Waals surface area (Å²) in [6, 6.07) is 5.56. The molecule has 2 rings (SSSR count). The first kappa shape index (κ1) is 15.2. The van der Waals surface area contributed by atoms with Crippen LogP contribution in [0.2, 0.25) is 0 Å². The lowest BCUT2D eigenvalue weighted by Crippen LogP contribution is -2.14. The monoisotopic (exact) mass is 292 g/mol. The summed E-state index contributed by atoms with van der Waals surface area (Å²) in [5.74, 6) is 2.91. The van der Waals surface area contributed by atoms with Gasteiger partial charge in [0.1, 0.15) is 17.2 Å². The smallest absolute Gasteiger partial charge is 0.150 e. The van der Waals surface area contributed by atoms with Gasteiger partial charge in [-0.3, -0.25) is 0 Å². The van der Waals surface area contributed by atoms with Gasteiger partial charge in [0.15, 0.2) is 5.76 Å². The van der Waals surface area contributed by atoms with E-state index in [2.05, 4.69) is 10.5 Å². The van der Waals surface area contributed by atoms with Crippen molar-refractivity contribution in [2.24, 2.45) is 0 Å². The molecular weight excluding hydrogens is 272 g/mol. The van der Waals surface area contributed by atoms with Crippen LogP contribution in [0.5, 0.6) is 17.2 Å². The highest BCUT2D eigenvalue weighted by Gasteiger charge is 2.13. The Morgan fingerprint density at radius 2 is 1.67 bits per heavy atom. The Balaban J connectivity index is 2.10. The summed E-state index contributed by atoms with van der Waals surface area (Å²) < 4.78 is 21.2. The summed E-state index contributed by atoms with van der Waals surface area (Å²) in [5, 5.41) is 7.14. The fourth-order valence-corrected chi connectivity index (χ4v) is 2.06. The maximum atomic E-state index is 5.40. The van der Waals surface area contributed by atoms with Crippen LogP contribution >= 0.6 is 0 Å². The Morgan fingerprint density at radius 1 is 1.00 bits per heavy atom. The fourth-order valence-electron chi connectivity index (χ4n) is 2.06. The number of aryl methyl sites for hydroxylation is 1. The number of nitrogens with one attached hydrogen (secondary N) is 1. The van der Waals surface area contributed by atoms with Crippen LogP contribution in [0.4, 0.5) is 0 Å². The van der Waals surface area contributed by atoms with Gasteiger partial charge < -0.3 is 24.1 Å². The predicted molar refractivity (Wildman–Crippen MR) is 77.9 cm³/mol. The number of ether oxygens (including phenoxy) is 3. The molecule has 0 amide bonds. The molecule has 0 aliphatic heterocycles. The molecule has 1 N–H and O–H groups in total. The molecular formula is C15H20N2O4. The number of benzene rings is 1. The molecule has 0 fully saturated rings. The summed E-state index contributed by atoms with van der Waals surface area (Å²) in [6.45, 7) is 3.05. The van der Waals surface area contributed by atoms with Crippen molar-refractivity contribution in [3.05, 3.63) is 35.2 Å². The molecule has 0 saturated carbocycles. The molecule has 1 aromatic heterocycles. The van der Waals surface area contributed by atoms with E-state index in [9.17, 15) is 0 Å². The van der Waals surface area contributed by atoms with Gasteiger partial charge in [-0.2, -0.15) is 0 Å². The Labute approximate surface area is 124 Å². The number of nitrogens with zero attached hydrogens (tertiary/aromatic N) is 1. The van der Waals surface area contributed by atoms with Gasteiger partial charge in [-0.1, -0.05) is 5.16 Å². The van der Waals surface area contributed by atoms with Crippen LogP contribution in [0.25, 0.3) is 0 Å². The van der Waals surface area contributed by atoms with Crippen LogP contribution in [0, 0.1) is 6.92 Å². The van der Waals surface area contributed by atoms with Crippen molar-refractivity contribution in [3.8, 4) is 17.2 Å². The van der Waals surface area contributed by atoms with Crippen molar-refractivity contribution in [2.45, 2.75) is 20.0 Å². The molecule has 114 valence electrons. The van der Waals surface area contributed by atoms with E-state index >= 15 is 0 Å². The molecule has 0 radical (unpaired) electrons. The minimum Gasteiger partial charge on any atom is -0.496 e. The van der Waals surface area contributed by atoms with Crippen molar-refractivity contribution in [2.75, 3.05) is 21.3 Å². The van der Waals surface area contributed by atoms with E-state index in [4.69, 9.17) is 18.7 Å². The molecule has 2 aromatic rings. The van der Waals surface area contributed by atoms with Crippen molar-refractivity contribution in [3.63, 3.8) is 0 Å².